The number of carbonyl (C=O) groups excluding carboxylic acids is 2. The molecule has 2 aromatic rings. The Morgan fingerprint density at radius 1 is 1.08 bits per heavy atom. The highest BCUT2D eigenvalue weighted by molar-refractivity contribution is 6.02. The van der Waals surface area contributed by atoms with Gasteiger partial charge in [-0.3, -0.25) is 9.78 Å². The van der Waals surface area contributed by atoms with E-state index in [-0.39, 0.29) is 11.3 Å². The lowest BCUT2D eigenvalue weighted by atomic mass is 10.2. The van der Waals surface area contributed by atoms with E-state index >= 15 is 0 Å². The Balaban J connectivity index is 2.05. The average molecular weight is 330 g/mol. The van der Waals surface area contributed by atoms with Gasteiger partial charge in [0.25, 0.3) is 5.91 Å². The maximum Gasteiger partial charge on any atom is 0.340 e. The molecular formula is C17H18N2O5. The predicted octanol–water partition coefficient (Wildman–Crippen LogP) is 2.28. The molecule has 1 unspecified atom stereocenters. The fourth-order valence-corrected chi connectivity index (χ4v) is 1.93. The highest BCUT2D eigenvalue weighted by Crippen LogP contribution is 2.19. The van der Waals surface area contributed by atoms with Crippen LogP contribution in [0.25, 0.3) is 0 Å². The summed E-state index contributed by atoms with van der Waals surface area (Å²) < 4.78 is 15.3. The van der Waals surface area contributed by atoms with Crippen LogP contribution in [0.2, 0.25) is 0 Å². The Morgan fingerprint density at radius 2 is 1.75 bits per heavy atom. The Hall–Kier alpha value is -3.09. The lowest BCUT2D eigenvalue weighted by Crippen LogP contribution is -2.30. The summed E-state index contributed by atoms with van der Waals surface area (Å²) in [5.74, 6) is 0.246. The number of aromatic nitrogens is 1. The van der Waals surface area contributed by atoms with Gasteiger partial charge in [0.05, 0.1) is 31.7 Å². The molecule has 7 nitrogen and oxygen atoms in total. The molecule has 1 heterocycles. The van der Waals surface area contributed by atoms with Gasteiger partial charge < -0.3 is 19.5 Å². The van der Waals surface area contributed by atoms with Crippen molar-refractivity contribution in [2.24, 2.45) is 0 Å². The molecule has 24 heavy (non-hydrogen) atoms. The minimum Gasteiger partial charge on any atom is -0.497 e. The van der Waals surface area contributed by atoms with Crippen molar-refractivity contribution < 1.29 is 23.8 Å². The number of rotatable bonds is 6. The van der Waals surface area contributed by atoms with Crippen molar-refractivity contribution in [2.75, 3.05) is 19.5 Å². The van der Waals surface area contributed by atoms with Crippen LogP contribution in [-0.4, -0.2) is 37.2 Å². The summed E-state index contributed by atoms with van der Waals surface area (Å²) in [6, 6.07) is 8.34. The molecule has 2 rings (SSSR count). The lowest BCUT2D eigenvalue weighted by Gasteiger charge is -2.16. The van der Waals surface area contributed by atoms with Gasteiger partial charge in [0.2, 0.25) is 0 Å². The number of esters is 1. The van der Waals surface area contributed by atoms with Crippen LogP contribution in [0, 0.1) is 0 Å². The lowest BCUT2D eigenvalue weighted by molar-refractivity contribution is -0.122. The highest BCUT2D eigenvalue weighted by atomic mass is 16.5. The fourth-order valence-electron chi connectivity index (χ4n) is 1.93. The van der Waals surface area contributed by atoms with Gasteiger partial charge in [0.1, 0.15) is 11.5 Å². The van der Waals surface area contributed by atoms with Crippen LogP contribution in [0.5, 0.6) is 11.5 Å². The Bertz CT molecular complexity index is 715. The van der Waals surface area contributed by atoms with Crippen molar-refractivity contribution in [3.05, 3.63) is 48.3 Å². The molecule has 1 atom stereocenters. The third-order valence-electron chi connectivity index (χ3n) is 3.23. The first-order valence-electron chi connectivity index (χ1n) is 7.19. The molecule has 1 amide bonds. The topological polar surface area (TPSA) is 86.8 Å². The third-order valence-corrected chi connectivity index (χ3v) is 3.23. The molecule has 0 radical (unpaired) electrons. The van der Waals surface area contributed by atoms with Gasteiger partial charge in [-0.2, -0.15) is 0 Å². The van der Waals surface area contributed by atoms with Crippen molar-refractivity contribution >= 4 is 17.6 Å². The van der Waals surface area contributed by atoms with E-state index in [9.17, 15) is 9.59 Å². The van der Waals surface area contributed by atoms with E-state index in [1.165, 1.54) is 25.6 Å². The number of hydrogen-bond donors (Lipinski definition) is 1. The van der Waals surface area contributed by atoms with Crippen molar-refractivity contribution in [1.29, 1.82) is 0 Å². The van der Waals surface area contributed by atoms with Crippen molar-refractivity contribution in [3.63, 3.8) is 0 Å². The summed E-state index contributed by atoms with van der Waals surface area (Å²) in [6.45, 7) is 1.60. The van der Waals surface area contributed by atoms with Crippen LogP contribution in [-0.2, 0) is 9.53 Å². The maximum atomic E-state index is 12.3. The van der Waals surface area contributed by atoms with Crippen LogP contribution in [0.4, 0.5) is 5.69 Å². The van der Waals surface area contributed by atoms with Gasteiger partial charge in [0.15, 0.2) is 6.10 Å². The van der Waals surface area contributed by atoms with Gasteiger partial charge in [-0.05, 0) is 37.3 Å². The van der Waals surface area contributed by atoms with Gasteiger partial charge in [-0.15, -0.1) is 0 Å². The molecule has 1 aromatic heterocycles. The van der Waals surface area contributed by atoms with Gasteiger partial charge in [-0.1, -0.05) is 0 Å². The Kier molecular flexibility index (Phi) is 5.73. The Labute approximate surface area is 139 Å². The number of hydrogen-bond acceptors (Lipinski definition) is 6. The molecule has 0 saturated heterocycles. The second-order valence-electron chi connectivity index (χ2n) is 4.84. The van der Waals surface area contributed by atoms with Crippen molar-refractivity contribution in [1.82, 2.24) is 4.98 Å². The number of pyridine rings is 1. The first kappa shape index (κ1) is 17.3. The zero-order valence-electron chi connectivity index (χ0n) is 13.6. The summed E-state index contributed by atoms with van der Waals surface area (Å²) in [5.41, 5.74) is 0.483. The molecular weight excluding hydrogens is 312 g/mol. The number of ether oxygens (including phenoxy) is 3. The van der Waals surface area contributed by atoms with Crippen molar-refractivity contribution in [3.8, 4) is 11.5 Å². The molecule has 0 aliphatic heterocycles. The molecule has 126 valence electrons. The number of anilines is 1. The Morgan fingerprint density at radius 3 is 2.38 bits per heavy atom. The molecule has 0 spiro atoms. The van der Waals surface area contributed by atoms with Gasteiger partial charge in [-0.25, -0.2) is 4.79 Å². The van der Waals surface area contributed by atoms with E-state index in [0.717, 1.165) is 0 Å². The van der Waals surface area contributed by atoms with Crippen LogP contribution >= 0.6 is 0 Å². The molecule has 0 aliphatic carbocycles. The number of nitrogens with zero attached hydrogens (tertiary/aromatic N) is 1. The monoisotopic (exact) mass is 330 g/mol. The number of methoxy groups -OCH3 is 2. The first-order valence-corrected chi connectivity index (χ1v) is 7.19. The summed E-state index contributed by atoms with van der Waals surface area (Å²) in [4.78, 5) is 27.9. The zero-order chi connectivity index (χ0) is 17.5. The molecule has 1 aromatic carbocycles. The highest BCUT2D eigenvalue weighted by Gasteiger charge is 2.19. The summed E-state index contributed by atoms with van der Waals surface area (Å²) in [5, 5.41) is 2.62. The standard InChI is InChI=1S/C17H18N2O5/c1-11(24-13-6-4-12(22-2)5-7-13)16(20)19-15-10-18-9-8-14(15)17(21)23-3/h4-11H,1-3H3,(H,19,20). The quantitative estimate of drug-likeness (QED) is 0.818. The predicted molar refractivity (Wildman–Crippen MR) is 87.3 cm³/mol. The number of amides is 1. The van der Waals surface area contributed by atoms with E-state index in [2.05, 4.69) is 15.0 Å². The van der Waals surface area contributed by atoms with E-state index in [1.54, 1.807) is 38.3 Å². The van der Waals surface area contributed by atoms with Crippen LogP contribution < -0.4 is 14.8 Å². The number of benzene rings is 1. The normalized spacial score (nSPS) is 11.3. The second-order valence-corrected chi connectivity index (χ2v) is 4.84. The fraction of sp³-hybridized carbons (Fsp3) is 0.235. The molecule has 7 heteroatoms. The van der Waals surface area contributed by atoms with Crippen LogP contribution in [0.15, 0.2) is 42.7 Å². The summed E-state index contributed by atoms with van der Waals surface area (Å²) in [6.07, 6.45) is 2.05. The van der Waals surface area contributed by atoms with E-state index < -0.39 is 18.0 Å². The van der Waals surface area contributed by atoms with Crippen LogP contribution in [0.1, 0.15) is 17.3 Å². The minimum atomic E-state index is -0.774. The molecule has 0 aliphatic rings. The third kappa shape index (κ3) is 4.22. The summed E-state index contributed by atoms with van der Waals surface area (Å²) in [7, 11) is 2.84. The van der Waals surface area contributed by atoms with Crippen LogP contribution in [0.3, 0.4) is 0 Å². The largest absolute Gasteiger partial charge is 0.497 e. The SMILES string of the molecule is COC(=O)c1ccncc1NC(=O)C(C)Oc1ccc(OC)cc1. The average Bonchev–Trinajstić information content (AvgIpc) is 2.62. The number of nitrogens with one attached hydrogen (secondary N) is 1. The van der Waals surface area contributed by atoms with Crippen molar-refractivity contribution in [2.45, 2.75) is 13.0 Å². The molecule has 0 bridgehead atoms. The summed E-state index contributed by atoms with van der Waals surface area (Å²) >= 11 is 0. The van der Waals surface area contributed by atoms with E-state index in [0.29, 0.717) is 11.5 Å². The minimum absolute atomic E-state index is 0.220. The maximum absolute atomic E-state index is 12.3. The van der Waals surface area contributed by atoms with Gasteiger partial charge in [0, 0.05) is 6.20 Å². The molecule has 0 saturated carbocycles. The number of carbonyl (C=O) groups is 2. The van der Waals surface area contributed by atoms with Gasteiger partial charge >= 0.3 is 5.97 Å². The second kappa shape index (κ2) is 7.96. The smallest absolute Gasteiger partial charge is 0.340 e. The van der Waals surface area contributed by atoms with E-state index in [4.69, 9.17) is 9.47 Å². The zero-order valence-corrected chi connectivity index (χ0v) is 13.6. The molecule has 1 N–H and O–H groups in total. The molecule has 0 fully saturated rings. The first-order chi connectivity index (χ1) is 11.5. The van der Waals surface area contributed by atoms with E-state index in [1.807, 2.05) is 0 Å².